The van der Waals surface area contributed by atoms with Gasteiger partial charge in [0.25, 0.3) is 0 Å². The zero-order valence-electron chi connectivity index (χ0n) is 14.0. The second-order valence-corrected chi connectivity index (χ2v) is 7.96. The second-order valence-electron chi connectivity index (χ2n) is 6.06. The molecular weight excluding hydrogens is 334 g/mol. The van der Waals surface area contributed by atoms with Crippen LogP contribution in [0.15, 0.2) is 12.1 Å². The van der Waals surface area contributed by atoms with Gasteiger partial charge in [-0.25, -0.2) is 9.59 Å². The molecule has 1 aromatic heterocycles. The minimum Gasteiger partial charge on any atom is -0.462 e. The molecule has 0 spiro atoms. The summed E-state index contributed by atoms with van der Waals surface area (Å²) < 4.78 is 10.1. The number of aryl methyl sites for hydroxylation is 1. The number of rotatable bonds is 7. The van der Waals surface area contributed by atoms with Gasteiger partial charge in [-0.2, -0.15) is 12.6 Å². The van der Waals surface area contributed by atoms with E-state index < -0.39 is 11.7 Å². The first-order valence-corrected chi connectivity index (χ1v) is 8.95. The summed E-state index contributed by atoms with van der Waals surface area (Å²) in [6.45, 7) is 8.07. The smallest absolute Gasteiger partial charge is 0.407 e. The molecule has 1 heterocycles. The minimum absolute atomic E-state index is 0.0238. The van der Waals surface area contributed by atoms with Crippen molar-refractivity contribution >= 4 is 36.0 Å². The van der Waals surface area contributed by atoms with E-state index in [4.69, 9.17) is 9.47 Å². The molecule has 0 aromatic carbocycles. The molecule has 0 aliphatic rings. The van der Waals surface area contributed by atoms with Crippen LogP contribution in [0.3, 0.4) is 0 Å². The maximum atomic E-state index is 11.6. The molecule has 5 nitrogen and oxygen atoms in total. The molecule has 1 unspecified atom stereocenters. The Balaban J connectivity index is 2.32. The third kappa shape index (κ3) is 8.27. The lowest BCUT2D eigenvalue weighted by Crippen LogP contribution is -2.35. The maximum absolute atomic E-state index is 11.6. The Morgan fingerprint density at radius 3 is 2.65 bits per heavy atom. The van der Waals surface area contributed by atoms with Crippen molar-refractivity contribution in [1.29, 1.82) is 0 Å². The SMILES string of the molecule is CCOC(=O)c1ccc(CCC(S)CNC(=O)OC(C)(C)C)s1. The van der Waals surface area contributed by atoms with Gasteiger partial charge in [0.2, 0.25) is 0 Å². The zero-order chi connectivity index (χ0) is 17.5. The van der Waals surface area contributed by atoms with Crippen molar-refractivity contribution in [2.75, 3.05) is 13.2 Å². The van der Waals surface area contributed by atoms with E-state index in [1.54, 1.807) is 13.0 Å². The molecule has 0 saturated carbocycles. The van der Waals surface area contributed by atoms with Gasteiger partial charge in [-0.3, -0.25) is 0 Å². The van der Waals surface area contributed by atoms with E-state index in [0.717, 1.165) is 17.7 Å². The summed E-state index contributed by atoms with van der Waals surface area (Å²) in [5, 5.41) is 2.73. The van der Waals surface area contributed by atoms with Gasteiger partial charge in [0.05, 0.1) is 6.61 Å². The molecule has 1 rings (SSSR count). The van der Waals surface area contributed by atoms with E-state index in [9.17, 15) is 9.59 Å². The van der Waals surface area contributed by atoms with Gasteiger partial charge >= 0.3 is 12.1 Å². The van der Waals surface area contributed by atoms with Crippen LogP contribution >= 0.6 is 24.0 Å². The Labute approximate surface area is 147 Å². The van der Waals surface area contributed by atoms with E-state index in [1.807, 2.05) is 26.8 Å². The molecule has 1 atom stereocenters. The highest BCUT2D eigenvalue weighted by molar-refractivity contribution is 7.81. The summed E-state index contributed by atoms with van der Waals surface area (Å²) in [4.78, 5) is 24.9. The van der Waals surface area contributed by atoms with Crippen molar-refractivity contribution in [3.8, 4) is 0 Å². The molecular formula is C16H25NO4S2. The van der Waals surface area contributed by atoms with E-state index in [1.165, 1.54) is 11.3 Å². The number of amides is 1. The lowest BCUT2D eigenvalue weighted by molar-refractivity contribution is 0.0519. The first kappa shape index (κ1) is 19.8. The highest BCUT2D eigenvalue weighted by atomic mass is 32.1. The Morgan fingerprint density at radius 2 is 2.04 bits per heavy atom. The number of carbonyl (C=O) groups excluding carboxylic acids is 2. The van der Waals surface area contributed by atoms with E-state index in [-0.39, 0.29) is 11.2 Å². The predicted molar refractivity (Wildman–Crippen MR) is 95.6 cm³/mol. The summed E-state index contributed by atoms with van der Waals surface area (Å²) in [6.07, 6.45) is 1.16. The molecule has 0 saturated heterocycles. The first-order chi connectivity index (χ1) is 10.7. The van der Waals surface area contributed by atoms with Crippen LogP contribution in [0, 0.1) is 0 Å². The van der Waals surface area contributed by atoms with Gasteiger partial charge in [-0.15, -0.1) is 11.3 Å². The van der Waals surface area contributed by atoms with Gasteiger partial charge in [-0.1, -0.05) is 0 Å². The highest BCUT2D eigenvalue weighted by Gasteiger charge is 2.17. The number of hydrogen-bond donors (Lipinski definition) is 2. The number of hydrogen-bond acceptors (Lipinski definition) is 6. The molecule has 23 heavy (non-hydrogen) atoms. The second kappa shape index (κ2) is 9.17. The standard InChI is InChI=1S/C16H25NO4S2/c1-5-20-14(18)13-9-8-12(23-13)7-6-11(22)10-17-15(19)21-16(2,3)4/h8-9,11,22H,5-7,10H2,1-4H3,(H,17,19). The third-order valence-corrected chi connectivity index (χ3v) is 4.31. The number of carbonyl (C=O) groups is 2. The number of thiophene rings is 1. The van der Waals surface area contributed by atoms with Crippen molar-refractivity contribution in [2.45, 2.75) is 51.4 Å². The van der Waals surface area contributed by atoms with Crippen LogP contribution in [0.4, 0.5) is 4.79 Å². The molecule has 0 aliphatic heterocycles. The molecule has 0 fully saturated rings. The summed E-state index contributed by atoms with van der Waals surface area (Å²) in [7, 11) is 0. The fourth-order valence-corrected chi connectivity index (χ4v) is 2.89. The first-order valence-electron chi connectivity index (χ1n) is 7.62. The van der Waals surface area contributed by atoms with Gasteiger partial charge in [0.15, 0.2) is 0 Å². The van der Waals surface area contributed by atoms with Crippen LogP contribution in [-0.2, 0) is 15.9 Å². The minimum atomic E-state index is -0.503. The number of nitrogens with one attached hydrogen (secondary N) is 1. The van der Waals surface area contributed by atoms with Crippen LogP contribution in [0.5, 0.6) is 0 Å². The number of thiol groups is 1. The predicted octanol–water partition coefficient (Wildman–Crippen LogP) is 3.68. The zero-order valence-corrected chi connectivity index (χ0v) is 15.8. The van der Waals surface area contributed by atoms with E-state index in [2.05, 4.69) is 17.9 Å². The Bertz CT molecular complexity index is 522. The number of esters is 1. The average Bonchev–Trinajstić information content (AvgIpc) is 2.90. The van der Waals surface area contributed by atoms with Crippen LogP contribution < -0.4 is 5.32 Å². The van der Waals surface area contributed by atoms with Crippen molar-refractivity contribution in [1.82, 2.24) is 5.32 Å². The normalized spacial score (nSPS) is 12.6. The summed E-state index contributed by atoms with van der Waals surface area (Å²) in [6, 6.07) is 3.71. The highest BCUT2D eigenvalue weighted by Crippen LogP contribution is 2.20. The molecule has 130 valence electrons. The fourth-order valence-electron chi connectivity index (χ4n) is 1.75. The molecule has 0 aliphatic carbocycles. The van der Waals surface area contributed by atoms with Crippen molar-refractivity contribution in [2.24, 2.45) is 0 Å². The topological polar surface area (TPSA) is 64.6 Å². The molecule has 0 radical (unpaired) electrons. The van der Waals surface area contributed by atoms with Crippen molar-refractivity contribution in [3.63, 3.8) is 0 Å². The fraction of sp³-hybridized carbons (Fsp3) is 0.625. The summed E-state index contributed by atoms with van der Waals surface area (Å²) >= 11 is 5.90. The Hall–Kier alpha value is -1.21. The van der Waals surface area contributed by atoms with E-state index >= 15 is 0 Å². The molecule has 1 N–H and O–H groups in total. The van der Waals surface area contributed by atoms with Crippen LogP contribution in [0.2, 0.25) is 0 Å². The van der Waals surface area contributed by atoms with Crippen LogP contribution in [0.1, 0.15) is 48.7 Å². The lowest BCUT2D eigenvalue weighted by Gasteiger charge is -2.20. The largest absolute Gasteiger partial charge is 0.462 e. The van der Waals surface area contributed by atoms with Crippen LogP contribution in [0.25, 0.3) is 0 Å². The maximum Gasteiger partial charge on any atom is 0.407 e. The number of ether oxygens (including phenoxy) is 2. The summed E-state index contributed by atoms with van der Waals surface area (Å²) in [5.74, 6) is -0.280. The number of alkyl carbamates (subject to hydrolysis) is 1. The van der Waals surface area contributed by atoms with E-state index in [0.29, 0.717) is 18.0 Å². The quantitative estimate of drug-likeness (QED) is 0.576. The van der Waals surface area contributed by atoms with Gasteiger partial charge in [0, 0.05) is 16.7 Å². The molecule has 1 aromatic rings. The van der Waals surface area contributed by atoms with Gasteiger partial charge < -0.3 is 14.8 Å². The monoisotopic (exact) mass is 359 g/mol. The molecule has 1 amide bonds. The van der Waals surface area contributed by atoms with Crippen molar-refractivity contribution < 1.29 is 19.1 Å². The Morgan fingerprint density at radius 1 is 1.35 bits per heavy atom. The molecule has 7 heteroatoms. The molecule has 0 bridgehead atoms. The van der Waals surface area contributed by atoms with Gasteiger partial charge in [0.1, 0.15) is 10.5 Å². The lowest BCUT2D eigenvalue weighted by atomic mass is 10.2. The van der Waals surface area contributed by atoms with Crippen LogP contribution in [-0.4, -0.2) is 36.1 Å². The third-order valence-electron chi connectivity index (χ3n) is 2.74. The summed E-state index contributed by atoms with van der Waals surface area (Å²) in [5.41, 5.74) is -0.503. The van der Waals surface area contributed by atoms with Gasteiger partial charge in [-0.05, 0) is 52.7 Å². The van der Waals surface area contributed by atoms with Crippen molar-refractivity contribution in [3.05, 3.63) is 21.9 Å². The average molecular weight is 360 g/mol. The Kier molecular flexibility index (Phi) is 7.91.